The van der Waals surface area contributed by atoms with Crippen molar-refractivity contribution in [1.29, 1.82) is 0 Å². The van der Waals surface area contributed by atoms with Crippen LogP contribution in [-0.2, 0) is 0 Å². The first-order valence-electron chi connectivity index (χ1n) is 9.20. The van der Waals surface area contributed by atoms with E-state index >= 15 is 8.22 Å². The zero-order valence-corrected chi connectivity index (χ0v) is 20.3. The summed E-state index contributed by atoms with van der Waals surface area (Å²) in [4.78, 5) is 0. The Morgan fingerprint density at radius 1 is 0.560 bits per heavy atom. The number of rotatable bonds is 2. The standard InChI is InChI=1S/C20H38F2OSi2/c1-17(2,3)24(21,18(4,5)6)15-13-14-16(23-15)25(22,19(7,8)9)20(10,11)12/h13-14H,1-12H3. The van der Waals surface area contributed by atoms with E-state index in [9.17, 15) is 0 Å². The van der Waals surface area contributed by atoms with E-state index in [4.69, 9.17) is 4.42 Å². The Morgan fingerprint density at radius 2 is 0.760 bits per heavy atom. The second-order valence-corrected chi connectivity index (χ2v) is 21.1. The fraction of sp³-hybridized carbons (Fsp3) is 0.800. The van der Waals surface area contributed by atoms with Crippen LogP contribution in [0.15, 0.2) is 16.5 Å². The van der Waals surface area contributed by atoms with Crippen LogP contribution in [0.3, 0.4) is 0 Å². The molecule has 1 heterocycles. The normalized spacial score (nSPS) is 15.6. The van der Waals surface area contributed by atoms with Gasteiger partial charge in [0, 0.05) is 0 Å². The van der Waals surface area contributed by atoms with Crippen LogP contribution in [0.2, 0.25) is 20.2 Å². The number of hydrogen-bond acceptors (Lipinski definition) is 1. The van der Waals surface area contributed by atoms with Gasteiger partial charge in [-0.3, -0.25) is 0 Å². The lowest BCUT2D eigenvalue weighted by molar-refractivity contribution is 0.487. The molecule has 0 aromatic carbocycles. The minimum absolute atomic E-state index is 0.380. The average Bonchev–Trinajstić information content (AvgIpc) is 2.80. The Kier molecular flexibility index (Phi) is 5.47. The monoisotopic (exact) mass is 388 g/mol. The molecular formula is C20H38F2OSi2. The van der Waals surface area contributed by atoms with Gasteiger partial charge in [-0.25, -0.2) is 0 Å². The molecule has 1 aromatic heterocycles. The van der Waals surface area contributed by atoms with Gasteiger partial charge >= 0.3 is 16.8 Å². The van der Waals surface area contributed by atoms with Gasteiger partial charge in [-0.2, -0.15) is 0 Å². The molecule has 146 valence electrons. The average molecular weight is 389 g/mol. The highest BCUT2D eigenvalue weighted by Gasteiger charge is 2.62. The van der Waals surface area contributed by atoms with Gasteiger partial charge in [0.15, 0.2) is 0 Å². The highest BCUT2D eigenvalue weighted by molar-refractivity contribution is 6.92. The molecule has 0 atom stereocenters. The second-order valence-electron chi connectivity index (χ2n) is 11.5. The first-order chi connectivity index (χ1) is 10.7. The molecule has 25 heavy (non-hydrogen) atoms. The lowest BCUT2D eigenvalue weighted by Gasteiger charge is -2.44. The van der Waals surface area contributed by atoms with Crippen LogP contribution in [0.4, 0.5) is 8.22 Å². The van der Waals surface area contributed by atoms with E-state index in [2.05, 4.69) is 0 Å². The SMILES string of the molecule is CC(C)(C)[Si](F)(c1ccc([Si](F)(C(C)(C)C)C(C)(C)C)o1)C(C)(C)C. The quantitative estimate of drug-likeness (QED) is 0.404. The molecule has 1 aromatic rings. The Morgan fingerprint density at radius 3 is 0.920 bits per heavy atom. The van der Waals surface area contributed by atoms with Crippen LogP contribution in [0.5, 0.6) is 0 Å². The third-order valence-corrected chi connectivity index (χ3v) is 15.6. The minimum atomic E-state index is -3.52. The Labute approximate surface area is 156 Å². The van der Waals surface area contributed by atoms with Crippen LogP contribution in [0, 0.1) is 0 Å². The summed E-state index contributed by atoms with van der Waals surface area (Å²) in [5.74, 6) is 0. The first-order valence-corrected chi connectivity index (χ1v) is 13.0. The van der Waals surface area contributed by atoms with Gasteiger partial charge in [0.2, 0.25) is 0 Å². The van der Waals surface area contributed by atoms with Crippen molar-refractivity contribution in [2.75, 3.05) is 0 Å². The molecule has 0 N–H and O–H groups in total. The zero-order chi connectivity index (χ0) is 20.3. The largest absolute Gasteiger partial charge is 0.469 e. The highest BCUT2D eigenvalue weighted by Crippen LogP contribution is 2.53. The topological polar surface area (TPSA) is 13.1 Å². The van der Waals surface area contributed by atoms with Crippen molar-refractivity contribution in [2.45, 2.75) is 103 Å². The van der Waals surface area contributed by atoms with E-state index in [1.807, 2.05) is 83.1 Å². The first kappa shape index (κ1) is 22.6. The van der Waals surface area contributed by atoms with Crippen molar-refractivity contribution in [3.05, 3.63) is 12.1 Å². The summed E-state index contributed by atoms with van der Waals surface area (Å²) in [5, 5.41) is -1.39. The molecule has 1 rings (SSSR count). The van der Waals surface area contributed by atoms with Crippen LogP contribution in [0.1, 0.15) is 83.1 Å². The molecule has 0 aliphatic carbocycles. The van der Waals surface area contributed by atoms with E-state index in [1.54, 1.807) is 12.1 Å². The zero-order valence-electron chi connectivity index (χ0n) is 18.3. The van der Waals surface area contributed by atoms with Crippen LogP contribution >= 0.6 is 0 Å². The summed E-state index contributed by atoms with van der Waals surface area (Å²) in [7, 11) is -7.03. The summed E-state index contributed by atoms with van der Waals surface area (Å²) >= 11 is 0. The van der Waals surface area contributed by atoms with Crippen LogP contribution < -0.4 is 10.8 Å². The van der Waals surface area contributed by atoms with E-state index in [0.29, 0.717) is 10.8 Å². The number of furan rings is 1. The highest BCUT2D eigenvalue weighted by atomic mass is 28.4. The fourth-order valence-electron chi connectivity index (χ4n) is 4.44. The number of hydrogen-bond donors (Lipinski definition) is 0. The third kappa shape index (κ3) is 3.43. The van der Waals surface area contributed by atoms with Crippen molar-refractivity contribution < 1.29 is 12.6 Å². The van der Waals surface area contributed by atoms with E-state index < -0.39 is 37.0 Å². The lowest BCUT2D eigenvalue weighted by Crippen LogP contribution is -2.60. The molecule has 0 aliphatic heterocycles. The third-order valence-electron chi connectivity index (χ3n) is 5.42. The lowest BCUT2D eigenvalue weighted by atomic mass is 10.2. The van der Waals surface area contributed by atoms with Gasteiger partial charge in [-0.05, 0) is 32.3 Å². The minimum Gasteiger partial charge on any atom is -0.469 e. The molecule has 0 spiro atoms. The van der Waals surface area contributed by atoms with Crippen molar-refractivity contribution in [3.63, 3.8) is 0 Å². The van der Waals surface area contributed by atoms with Gasteiger partial charge in [-0.1, -0.05) is 83.1 Å². The molecule has 1 nitrogen and oxygen atoms in total. The van der Waals surface area contributed by atoms with E-state index in [-0.39, 0.29) is 0 Å². The Bertz CT molecular complexity index is 527. The van der Waals surface area contributed by atoms with Gasteiger partial charge in [0.25, 0.3) is 0 Å². The van der Waals surface area contributed by atoms with Gasteiger partial charge in [0.1, 0.15) is 10.8 Å². The molecule has 0 saturated carbocycles. The molecule has 0 fully saturated rings. The maximum atomic E-state index is 16.5. The molecule has 0 unspecified atom stereocenters. The smallest absolute Gasteiger partial charge is 0.326 e. The molecular weight excluding hydrogens is 350 g/mol. The Balaban J connectivity index is 3.67. The Hall–Kier alpha value is -0.426. The molecule has 0 amide bonds. The molecule has 0 saturated heterocycles. The van der Waals surface area contributed by atoms with Crippen LogP contribution in [0.25, 0.3) is 0 Å². The molecule has 5 heteroatoms. The summed E-state index contributed by atoms with van der Waals surface area (Å²) < 4.78 is 39.0. The molecule has 0 bridgehead atoms. The summed E-state index contributed by atoms with van der Waals surface area (Å²) in [5.41, 5.74) is 0. The fourth-order valence-corrected chi connectivity index (χ4v) is 13.1. The second kappa shape index (κ2) is 6.05. The van der Waals surface area contributed by atoms with Gasteiger partial charge in [0.05, 0.1) is 0 Å². The summed E-state index contributed by atoms with van der Waals surface area (Å²) in [6.45, 7) is 23.2. The van der Waals surface area contributed by atoms with E-state index in [0.717, 1.165) is 0 Å². The van der Waals surface area contributed by atoms with Crippen molar-refractivity contribution in [1.82, 2.24) is 0 Å². The predicted molar refractivity (Wildman–Crippen MR) is 111 cm³/mol. The maximum Gasteiger partial charge on any atom is 0.326 e. The van der Waals surface area contributed by atoms with Crippen molar-refractivity contribution in [3.8, 4) is 0 Å². The van der Waals surface area contributed by atoms with Gasteiger partial charge < -0.3 is 12.6 Å². The maximum absolute atomic E-state index is 16.5. The van der Waals surface area contributed by atoms with Gasteiger partial charge in [-0.15, -0.1) is 0 Å². The number of halogens is 2. The molecule has 0 aliphatic rings. The van der Waals surface area contributed by atoms with Crippen LogP contribution in [-0.4, -0.2) is 16.8 Å². The van der Waals surface area contributed by atoms with Crippen molar-refractivity contribution >= 4 is 27.6 Å². The molecule has 0 radical (unpaired) electrons. The predicted octanol–water partition coefficient (Wildman–Crippen LogP) is 6.72. The van der Waals surface area contributed by atoms with E-state index in [1.165, 1.54) is 0 Å². The van der Waals surface area contributed by atoms with Crippen molar-refractivity contribution in [2.24, 2.45) is 0 Å². The summed E-state index contributed by atoms with van der Waals surface area (Å²) in [6, 6.07) is 3.44. The summed E-state index contributed by atoms with van der Waals surface area (Å²) in [6.07, 6.45) is 0.